The molecule has 18 heavy (non-hydrogen) atoms. The van der Waals surface area contributed by atoms with Gasteiger partial charge in [0, 0.05) is 61.8 Å². The van der Waals surface area contributed by atoms with Gasteiger partial charge in [0.2, 0.25) is 0 Å². The highest BCUT2D eigenvalue weighted by Gasteiger charge is 2.50. The van der Waals surface area contributed by atoms with E-state index in [0.717, 1.165) is 45.4 Å². The second-order valence-electron chi connectivity index (χ2n) is 4.42. The first-order valence-corrected chi connectivity index (χ1v) is 9.31. The van der Waals surface area contributed by atoms with Gasteiger partial charge in [-0.1, -0.05) is 12.1 Å². The fraction of sp³-hybridized carbons (Fsp3) is 1.00. The fourth-order valence-electron chi connectivity index (χ4n) is 2.43. The van der Waals surface area contributed by atoms with Crippen molar-refractivity contribution in [2.24, 2.45) is 5.73 Å². The zero-order valence-corrected chi connectivity index (χ0v) is 16.6. The molecule has 0 amide bonds. The molecule has 5 nitrogen and oxygen atoms in total. The minimum absolute atomic E-state index is 0.488. The summed E-state index contributed by atoms with van der Waals surface area (Å²) in [6.45, 7) is 0. The molecule has 0 radical (unpaired) electrons. The molecule has 0 saturated heterocycles. The summed E-state index contributed by atoms with van der Waals surface area (Å²) in [6, 6.07) is 1.59. The number of rotatable bonds is 10. The lowest BCUT2D eigenvalue weighted by atomic mass is 9.93. The standard InChI is InChI=1S/C11H29NO4Si2/c1-13-10(14-2,5-7-17)9(12)11(15-3,16-4)6-8-18/h9H,5-8,12H2,1-4,17-18H3. The Bertz CT molecular complexity index is 201. The quantitative estimate of drug-likeness (QED) is 0.398. The van der Waals surface area contributed by atoms with Crippen molar-refractivity contribution in [3.8, 4) is 0 Å². The first-order chi connectivity index (χ1) is 8.52. The predicted octanol–water partition coefficient (Wildman–Crippen LogP) is -1.36. The third-order valence-corrected chi connectivity index (χ3v) is 4.53. The van der Waals surface area contributed by atoms with Gasteiger partial charge in [-0.3, -0.25) is 0 Å². The van der Waals surface area contributed by atoms with Crippen LogP contribution in [0.4, 0.5) is 0 Å². The molecule has 0 aliphatic rings. The summed E-state index contributed by atoms with van der Waals surface area (Å²) < 4.78 is 22.3. The van der Waals surface area contributed by atoms with E-state index in [4.69, 9.17) is 24.7 Å². The highest BCUT2D eigenvalue weighted by Crippen LogP contribution is 2.33. The number of nitrogens with two attached hydrogens (primary N) is 1. The molecule has 0 atom stereocenters. The van der Waals surface area contributed by atoms with Crippen molar-refractivity contribution >= 4 is 20.5 Å². The van der Waals surface area contributed by atoms with Crippen LogP contribution < -0.4 is 5.73 Å². The van der Waals surface area contributed by atoms with Crippen molar-refractivity contribution < 1.29 is 18.9 Å². The van der Waals surface area contributed by atoms with Gasteiger partial charge in [-0.05, 0) is 0 Å². The minimum Gasteiger partial charge on any atom is -0.351 e. The molecule has 0 aliphatic carbocycles. The first-order valence-electron chi connectivity index (χ1n) is 6.48. The van der Waals surface area contributed by atoms with Crippen LogP contribution >= 0.6 is 0 Å². The Labute approximate surface area is 117 Å². The molecular formula is C11H29NO4Si2. The van der Waals surface area contributed by atoms with Crippen molar-refractivity contribution in [1.29, 1.82) is 0 Å². The minimum atomic E-state index is -0.843. The molecule has 0 fully saturated rings. The lowest BCUT2D eigenvalue weighted by Crippen LogP contribution is -2.64. The lowest BCUT2D eigenvalue weighted by molar-refractivity contribution is -0.306. The van der Waals surface area contributed by atoms with Crippen LogP contribution in [0.2, 0.25) is 12.1 Å². The van der Waals surface area contributed by atoms with E-state index in [9.17, 15) is 0 Å². The summed E-state index contributed by atoms with van der Waals surface area (Å²) in [5, 5.41) is 0. The predicted molar refractivity (Wildman–Crippen MR) is 80.2 cm³/mol. The van der Waals surface area contributed by atoms with Gasteiger partial charge in [0.1, 0.15) is 6.04 Å². The van der Waals surface area contributed by atoms with Crippen molar-refractivity contribution in [3.63, 3.8) is 0 Å². The molecule has 0 saturated carbocycles. The summed E-state index contributed by atoms with van der Waals surface area (Å²) >= 11 is 0. The molecule has 0 rings (SSSR count). The Hall–Kier alpha value is 0.234. The van der Waals surface area contributed by atoms with Gasteiger partial charge in [0.05, 0.1) is 0 Å². The van der Waals surface area contributed by atoms with E-state index in [2.05, 4.69) is 0 Å². The van der Waals surface area contributed by atoms with E-state index < -0.39 is 17.6 Å². The summed E-state index contributed by atoms with van der Waals surface area (Å²) in [5.41, 5.74) is 6.38. The average Bonchev–Trinajstić information content (AvgIpc) is 2.42. The fourth-order valence-corrected chi connectivity index (χ4v) is 3.82. The van der Waals surface area contributed by atoms with Gasteiger partial charge >= 0.3 is 0 Å². The Morgan fingerprint density at radius 2 is 1.11 bits per heavy atom. The Balaban J connectivity index is 5.28. The van der Waals surface area contributed by atoms with E-state index >= 15 is 0 Å². The molecule has 0 heterocycles. The summed E-state index contributed by atoms with van der Waals surface area (Å²) in [5.74, 6) is -1.69. The third kappa shape index (κ3) is 3.63. The maximum absolute atomic E-state index is 6.38. The molecule has 0 aliphatic heterocycles. The molecule has 0 unspecified atom stereocenters. The topological polar surface area (TPSA) is 62.9 Å². The Kier molecular flexibility index (Phi) is 8.52. The summed E-state index contributed by atoms with van der Waals surface area (Å²) in [7, 11) is 8.64. The lowest BCUT2D eigenvalue weighted by Gasteiger charge is -2.45. The SMILES string of the molecule is COC(CC[SiH3])(OC)C(N)C(CC[SiH3])(OC)OC. The normalized spacial score (nSPS) is 15.2. The number of ether oxygens (including phenoxy) is 4. The first kappa shape index (κ1) is 18.2. The molecular weight excluding hydrogens is 266 g/mol. The zero-order chi connectivity index (χ0) is 14.2. The molecule has 0 aromatic carbocycles. The van der Waals surface area contributed by atoms with E-state index in [1.54, 1.807) is 28.4 Å². The molecule has 110 valence electrons. The summed E-state index contributed by atoms with van der Waals surface area (Å²) in [6.07, 6.45) is 1.51. The number of hydrogen-bond donors (Lipinski definition) is 1. The summed E-state index contributed by atoms with van der Waals surface area (Å²) in [4.78, 5) is 0. The van der Waals surface area contributed by atoms with Crippen LogP contribution in [0.25, 0.3) is 0 Å². The second-order valence-corrected chi connectivity index (χ2v) is 6.42. The second kappa shape index (κ2) is 8.41. The number of methoxy groups -OCH3 is 4. The molecule has 0 bridgehead atoms. The molecule has 0 aromatic heterocycles. The maximum atomic E-state index is 6.38. The maximum Gasteiger partial charge on any atom is 0.187 e. The van der Waals surface area contributed by atoms with Crippen LogP contribution in [0.15, 0.2) is 0 Å². The van der Waals surface area contributed by atoms with E-state index in [1.165, 1.54) is 0 Å². The largest absolute Gasteiger partial charge is 0.351 e. The third-order valence-electron chi connectivity index (χ3n) is 3.53. The van der Waals surface area contributed by atoms with E-state index in [0.29, 0.717) is 0 Å². The van der Waals surface area contributed by atoms with Crippen LogP contribution in [0.3, 0.4) is 0 Å². The number of hydrogen-bond acceptors (Lipinski definition) is 5. The van der Waals surface area contributed by atoms with Gasteiger partial charge in [0.15, 0.2) is 11.6 Å². The van der Waals surface area contributed by atoms with Gasteiger partial charge in [-0.2, -0.15) is 0 Å². The molecule has 2 N–H and O–H groups in total. The van der Waals surface area contributed by atoms with Gasteiger partial charge < -0.3 is 24.7 Å². The van der Waals surface area contributed by atoms with Gasteiger partial charge in [-0.15, -0.1) is 0 Å². The van der Waals surface area contributed by atoms with Crippen LogP contribution in [0, 0.1) is 0 Å². The van der Waals surface area contributed by atoms with Crippen LogP contribution in [0.1, 0.15) is 12.8 Å². The van der Waals surface area contributed by atoms with E-state index in [1.807, 2.05) is 0 Å². The van der Waals surface area contributed by atoms with Gasteiger partial charge in [-0.25, -0.2) is 0 Å². The van der Waals surface area contributed by atoms with Crippen molar-refractivity contribution in [3.05, 3.63) is 0 Å². The van der Waals surface area contributed by atoms with Crippen LogP contribution in [-0.2, 0) is 18.9 Å². The highest BCUT2D eigenvalue weighted by atomic mass is 28.1. The van der Waals surface area contributed by atoms with Crippen molar-refractivity contribution in [1.82, 2.24) is 0 Å². The molecule has 0 spiro atoms. The molecule has 7 heteroatoms. The average molecular weight is 296 g/mol. The van der Waals surface area contributed by atoms with E-state index in [-0.39, 0.29) is 0 Å². The Morgan fingerprint density at radius 1 is 0.833 bits per heavy atom. The zero-order valence-electron chi connectivity index (χ0n) is 12.6. The van der Waals surface area contributed by atoms with Crippen molar-refractivity contribution in [2.45, 2.75) is 42.5 Å². The van der Waals surface area contributed by atoms with Gasteiger partial charge in [0.25, 0.3) is 0 Å². The molecule has 0 aromatic rings. The van der Waals surface area contributed by atoms with Crippen LogP contribution in [-0.4, -0.2) is 66.5 Å². The van der Waals surface area contributed by atoms with Crippen molar-refractivity contribution in [2.75, 3.05) is 28.4 Å². The Morgan fingerprint density at radius 3 is 1.28 bits per heavy atom. The smallest absolute Gasteiger partial charge is 0.187 e. The van der Waals surface area contributed by atoms with Crippen LogP contribution in [0.5, 0.6) is 0 Å². The highest BCUT2D eigenvalue weighted by molar-refractivity contribution is 6.08. The monoisotopic (exact) mass is 295 g/mol.